The van der Waals surface area contributed by atoms with Gasteiger partial charge in [0.25, 0.3) is 0 Å². The largest absolute Gasteiger partial charge is 0.489 e. The second-order valence-electron chi connectivity index (χ2n) is 9.39. The minimum absolute atomic E-state index is 0.0000627. The maximum absolute atomic E-state index is 12.9. The van der Waals surface area contributed by atoms with Crippen molar-refractivity contribution in [2.45, 2.75) is 63.7 Å². The number of aliphatic carboxylic acids is 1. The SMILES string of the molecule is CC[C@]1(N(C)C(=O)OCc2c(-c3ccc(O[C@H]4CCC[C@H](C(=O)O)C4)cn3)nnn2C)C=CC=CC1. The Bertz CT molecular complexity index is 1140. The van der Waals surface area contributed by atoms with E-state index in [2.05, 4.69) is 15.3 Å². The lowest BCUT2D eigenvalue weighted by Gasteiger charge is -2.38. The highest BCUT2D eigenvalue weighted by Crippen LogP contribution is 2.30. The first kappa shape index (κ1) is 25.4. The molecule has 1 saturated carbocycles. The normalized spacial score (nSPS) is 23.3. The van der Waals surface area contributed by atoms with Crippen LogP contribution in [0, 0.1) is 5.92 Å². The van der Waals surface area contributed by atoms with Crippen LogP contribution in [0.5, 0.6) is 5.75 Å². The number of aryl methyl sites for hydroxylation is 1. The number of carboxylic acids is 1. The number of rotatable bonds is 8. The zero-order valence-corrected chi connectivity index (χ0v) is 21.0. The summed E-state index contributed by atoms with van der Waals surface area (Å²) in [5, 5.41) is 17.6. The summed E-state index contributed by atoms with van der Waals surface area (Å²) in [6.45, 7) is 2.05. The smallest absolute Gasteiger partial charge is 0.410 e. The second-order valence-corrected chi connectivity index (χ2v) is 9.39. The number of likely N-dealkylation sites (N-methyl/N-ethyl adjacent to an activating group) is 1. The van der Waals surface area contributed by atoms with Crippen molar-refractivity contribution in [1.29, 1.82) is 0 Å². The van der Waals surface area contributed by atoms with E-state index in [4.69, 9.17) is 9.47 Å². The summed E-state index contributed by atoms with van der Waals surface area (Å²) in [5.74, 6) is -0.554. The number of hydrogen-bond donors (Lipinski definition) is 1. The van der Waals surface area contributed by atoms with E-state index in [9.17, 15) is 14.7 Å². The molecule has 2 aromatic heterocycles. The number of aromatic nitrogens is 4. The number of pyridine rings is 1. The quantitative estimate of drug-likeness (QED) is 0.580. The number of amides is 1. The molecule has 0 unspecified atom stereocenters. The summed E-state index contributed by atoms with van der Waals surface area (Å²) in [5.41, 5.74) is 1.32. The van der Waals surface area contributed by atoms with Gasteiger partial charge in [-0.3, -0.25) is 9.78 Å². The van der Waals surface area contributed by atoms with E-state index in [1.165, 1.54) is 0 Å². The van der Waals surface area contributed by atoms with Crippen LogP contribution in [0.4, 0.5) is 4.79 Å². The van der Waals surface area contributed by atoms with Gasteiger partial charge in [0.05, 0.1) is 29.5 Å². The Labute approximate surface area is 210 Å². The predicted octanol–water partition coefficient (Wildman–Crippen LogP) is 4.13. The Morgan fingerprint density at radius 1 is 1.28 bits per heavy atom. The van der Waals surface area contributed by atoms with Crippen LogP contribution in [-0.4, -0.2) is 60.7 Å². The minimum Gasteiger partial charge on any atom is -0.489 e. The monoisotopic (exact) mass is 495 g/mol. The third-order valence-electron chi connectivity index (χ3n) is 7.21. The first-order valence-electron chi connectivity index (χ1n) is 12.3. The lowest BCUT2D eigenvalue weighted by molar-refractivity contribution is -0.143. The minimum atomic E-state index is -0.768. The van der Waals surface area contributed by atoms with Crippen LogP contribution in [0.3, 0.4) is 0 Å². The van der Waals surface area contributed by atoms with Crippen LogP contribution < -0.4 is 4.74 Å². The predicted molar refractivity (Wildman–Crippen MR) is 132 cm³/mol. The molecule has 2 aromatic rings. The third-order valence-corrected chi connectivity index (χ3v) is 7.21. The Morgan fingerprint density at radius 2 is 2.11 bits per heavy atom. The summed E-state index contributed by atoms with van der Waals surface area (Å²) in [6.07, 6.45) is 13.4. The maximum Gasteiger partial charge on any atom is 0.410 e. The third kappa shape index (κ3) is 5.42. The molecule has 10 nitrogen and oxygen atoms in total. The molecule has 0 radical (unpaired) electrons. The average Bonchev–Trinajstić information content (AvgIpc) is 3.27. The number of carbonyl (C=O) groups is 2. The fourth-order valence-electron chi connectivity index (χ4n) is 4.81. The van der Waals surface area contributed by atoms with Crippen molar-refractivity contribution in [1.82, 2.24) is 24.9 Å². The van der Waals surface area contributed by atoms with Crippen LogP contribution in [-0.2, 0) is 23.2 Å². The fourth-order valence-corrected chi connectivity index (χ4v) is 4.81. The molecular formula is C26H33N5O5. The zero-order valence-electron chi connectivity index (χ0n) is 21.0. The molecule has 0 aliphatic heterocycles. The van der Waals surface area contributed by atoms with Gasteiger partial charge in [-0.2, -0.15) is 0 Å². The number of carboxylic acid groups (broad SMARTS) is 1. The summed E-state index contributed by atoms with van der Waals surface area (Å²) in [4.78, 5) is 30.3. The van der Waals surface area contributed by atoms with Gasteiger partial charge in [0.1, 0.15) is 23.7 Å². The van der Waals surface area contributed by atoms with E-state index >= 15 is 0 Å². The lowest BCUT2D eigenvalue weighted by Crippen LogP contribution is -2.48. The summed E-state index contributed by atoms with van der Waals surface area (Å²) < 4.78 is 13.2. The molecular weight excluding hydrogens is 462 g/mol. The van der Waals surface area contributed by atoms with Gasteiger partial charge in [-0.05, 0) is 50.7 Å². The first-order chi connectivity index (χ1) is 17.3. The van der Waals surface area contributed by atoms with E-state index in [1.807, 2.05) is 31.2 Å². The molecule has 10 heteroatoms. The maximum atomic E-state index is 12.9. The molecule has 1 N–H and O–H groups in total. The zero-order chi connectivity index (χ0) is 25.7. The Kier molecular flexibility index (Phi) is 7.71. The van der Waals surface area contributed by atoms with Crippen LogP contribution in [0.15, 0.2) is 42.6 Å². The van der Waals surface area contributed by atoms with Crippen molar-refractivity contribution in [3.8, 4) is 17.1 Å². The molecule has 4 rings (SSSR count). The molecule has 2 aliphatic rings. The van der Waals surface area contributed by atoms with E-state index < -0.39 is 17.6 Å². The average molecular weight is 496 g/mol. The van der Waals surface area contributed by atoms with Crippen LogP contribution in [0.1, 0.15) is 51.1 Å². The molecule has 0 aromatic carbocycles. The van der Waals surface area contributed by atoms with Crippen molar-refractivity contribution < 1.29 is 24.2 Å². The van der Waals surface area contributed by atoms with Crippen molar-refractivity contribution in [3.63, 3.8) is 0 Å². The molecule has 2 heterocycles. The highest BCUT2D eigenvalue weighted by molar-refractivity contribution is 5.70. The molecule has 1 amide bonds. The van der Waals surface area contributed by atoms with Crippen molar-refractivity contribution in [2.75, 3.05) is 7.05 Å². The van der Waals surface area contributed by atoms with Crippen LogP contribution in [0.2, 0.25) is 0 Å². The Morgan fingerprint density at radius 3 is 2.78 bits per heavy atom. The van der Waals surface area contributed by atoms with E-state index in [0.29, 0.717) is 35.7 Å². The van der Waals surface area contributed by atoms with Gasteiger partial charge >= 0.3 is 12.1 Å². The first-order valence-corrected chi connectivity index (χ1v) is 12.3. The summed E-state index contributed by atoms with van der Waals surface area (Å²) in [7, 11) is 3.49. The highest BCUT2D eigenvalue weighted by atomic mass is 16.6. The summed E-state index contributed by atoms with van der Waals surface area (Å²) >= 11 is 0. The van der Waals surface area contributed by atoms with E-state index in [1.54, 1.807) is 42.0 Å². The van der Waals surface area contributed by atoms with Gasteiger partial charge in [0.15, 0.2) is 0 Å². The molecule has 0 spiro atoms. The summed E-state index contributed by atoms with van der Waals surface area (Å²) in [6, 6.07) is 3.57. The molecule has 2 aliphatic carbocycles. The van der Waals surface area contributed by atoms with E-state index in [-0.39, 0.29) is 18.6 Å². The van der Waals surface area contributed by atoms with Gasteiger partial charge in [-0.15, -0.1) is 5.10 Å². The van der Waals surface area contributed by atoms with Gasteiger partial charge in [0, 0.05) is 14.1 Å². The standard InChI is InChI=1S/C26H33N5O5/c1-4-26(13-6-5-7-14-26)30(2)25(34)35-17-22-23(28-29-31(22)3)21-12-11-20(16-27-21)36-19-10-8-9-18(15-19)24(32)33/h5-7,11-13,16,18-19H,4,8-10,14-15,17H2,1-3H3,(H,32,33)/t18-,19-,26-/m0/s1. The highest BCUT2D eigenvalue weighted by Gasteiger charge is 2.34. The Balaban J connectivity index is 1.40. The van der Waals surface area contributed by atoms with E-state index in [0.717, 1.165) is 25.7 Å². The topological polar surface area (TPSA) is 120 Å². The van der Waals surface area contributed by atoms with Gasteiger partial charge < -0.3 is 19.5 Å². The fraction of sp³-hybridized carbons (Fsp3) is 0.500. The lowest BCUT2D eigenvalue weighted by atomic mass is 9.87. The number of allylic oxidation sites excluding steroid dienone is 2. The number of hydrogen-bond acceptors (Lipinski definition) is 7. The molecule has 3 atom stereocenters. The molecule has 0 saturated heterocycles. The molecule has 36 heavy (non-hydrogen) atoms. The van der Waals surface area contributed by atoms with Crippen LogP contribution >= 0.6 is 0 Å². The molecule has 0 bridgehead atoms. The van der Waals surface area contributed by atoms with Gasteiger partial charge in [0.2, 0.25) is 0 Å². The number of nitrogens with zero attached hydrogens (tertiary/aromatic N) is 5. The number of ether oxygens (including phenoxy) is 2. The molecule has 192 valence electrons. The van der Waals surface area contributed by atoms with Gasteiger partial charge in [-0.1, -0.05) is 36.4 Å². The van der Waals surface area contributed by atoms with Crippen LogP contribution in [0.25, 0.3) is 11.4 Å². The second kappa shape index (κ2) is 10.9. The van der Waals surface area contributed by atoms with Crippen molar-refractivity contribution in [2.24, 2.45) is 13.0 Å². The van der Waals surface area contributed by atoms with Crippen molar-refractivity contribution >= 4 is 12.1 Å². The van der Waals surface area contributed by atoms with Crippen molar-refractivity contribution in [3.05, 3.63) is 48.3 Å². The molecule has 1 fully saturated rings. The van der Waals surface area contributed by atoms with Gasteiger partial charge in [-0.25, -0.2) is 9.48 Å². The number of carbonyl (C=O) groups excluding carboxylic acids is 1. The Hall–Kier alpha value is -3.69.